The maximum absolute atomic E-state index is 14.3. The lowest BCUT2D eigenvalue weighted by Gasteiger charge is -2.39. The van der Waals surface area contributed by atoms with E-state index in [-0.39, 0.29) is 37.4 Å². The third-order valence-electron chi connectivity index (χ3n) is 6.78. The number of hydrogen-bond acceptors (Lipinski definition) is 6. The molecule has 2 N–H and O–H groups in total. The largest absolute Gasteiger partial charge is 0.466 e. The fourth-order valence-electron chi connectivity index (χ4n) is 4.06. The van der Waals surface area contributed by atoms with Crippen molar-refractivity contribution in [2.24, 2.45) is 5.92 Å². The minimum absolute atomic E-state index is 0.0200. The van der Waals surface area contributed by atoms with Crippen molar-refractivity contribution in [2.45, 2.75) is 112 Å². The second kappa shape index (κ2) is 15.5. The Labute approximate surface area is 234 Å². The van der Waals surface area contributed by atoms with Gasteiger partial charge in [-0.15, -0.1) is 0 Å². The van der Waals surface area contributed by atoms with Gasteiger partial charge in [0.1, 0.15) is 17.7 Å². The molecule has 0 radical (unpaired) electrons. The van der Waals surface area contributed by atoms with Crippen molar-refractivity contribution in [2.75, 3.05) is 13.2 Å². The first kappa shape index (κ1) is 33.9. The number of carbonyl (C=O) groups excluding carboxylic acids is 4. The van der Waals surface area contributed by atoms with E-state index < -0.39 is 35.7 Å². The zero-order valence-corrected chi connectivity index (χ0v) is 25.5. The Bertz CT molecular complexity index is 987. The van der Waals surface area contributed by atoms with Gasteiger partial charge in [-0.1, -0.05) is 45.4 Å². The zero-order chi connectivity index (χ0) is 29.9. The Morgan fingerprint density at radius 3 is 2.13 bits per heavy atom. The van der Waals surface area contributed by atoms with Gasteiger partial charge in [0.05, 0.1) is 13.0 Å². The molecule has 3 amide bonds. The van der Waals surface area contributed by atoms with E-state index >= 15 is 0 Å². The second-order valence-electron chi connectivity index (χ2n) is 11.1. The normalized spacial score (nSPS) is 14.4. The molecule has 9 nitrogen and oxygen atoms in total. The molecule has 39 heavy (non-hydrogen) atoms. The van der Waals surface area contributed by atoms with Crippen LogP contribution in [0, 0.1) is 19.8 Å². The summed E-state index contributed by atoms with van der Waals surface area (Å²) < 4.78 is 10.4. The molecule has 4 atom stereocenters. The molecule has 0 saturated heterocycles. The maximum atomic E-state index is 14.3. The topological polar surface area (TPSA) is 114 Å². The number of nitrogens with one attached hydrogen (secondary N) is 2. The number of hydrogen-bond donors (Lipinski definition) is 2. The van der Waals surface area contributed by atoms with E-state index in [1.165, 1.54) is 0 Å². The number of ether oxygens (including phenoxy) is 2. The summed E-state index contributed by atoms with van der Waals surface area (Å²) in [6, 6.07) is 3.48. The van der Waals surface area contributed by atoms with E-state index in [0.29, 0.717) is 18.4 Å². The monoisotopic (exact) mass is 547 g/mol. The first-order chi connectivity index (χ1) is 18.2. The SMILES string of the molecule is CCOC(=O)CCNC(=O)C(c1ccc(C)c(C)c1)N(C(=O)C(NC(=O)OC(C)(C)C)C(C)CC)C(C)CC. The van der Waals surface area contributed by atoms with Crippen molar-refractivity contribution >= 4 is 23.9 Å². The molecule has 1 aromatic rings. The van der Waals surface area contributed by atoms with Crippen molar-refractivity contribution in [3.63, 3.8) is 0 Å². The first-order valence-corrected chi connectivity index (χ1v) is 14.0. The third kappa shape index (κ3) is 10.5. The summed E-state index contributed by atoms with van der Waals surface area (Å²) in [5, 5.41) is 5.60. The van der Waals surface area contributed by atoms with Gasteiger partial charge in [-0.25, -0.2) is 4.79 Å². The standard InChI is InChI=1S/C30H49N3O6/c1-11-19(4)25(32-29(37)39-30(8,9)10)28(36)33(22(7)12-2)26(23-15-14-20(5)21(6)18-23)27(35)31-17-16-24(34)38-13-3/h14-15,18-19,22,25-26H,11-13,16-17H2,1-10H3,(H,31,35)(H,32,37). The molecule has 220 valence electrons. The highest BCUT2D eigenvalue weighted by Crippen LogP contribution is 2.29. The van der Waals surface area contributed by atoms with Crippen LogP contribution in [-0.4, -0.2) is 59.6 Å². The van der Waals surface area contributed by atoms with Crippen molar-refractivity contribution in [3.05, 3.63) is 34.9 Å². The number of rotatable bonds is 13. The Kier molecular flexibility index (Phi) is 13.5. The van der Waals surface area contributed by atoms with E-state index in [9.17, 15) is 19.2 Å². The van der Waals surface area contributed by atoms with Crippen LogP contribution in [0.5, 0.6) is 0 Å². The number of amides is 3. The molecule has 0 aliphatic rings. The number of benzene rings is 1. The van der Waals surface area contributed by atoms with Crippen LogP contribution in [-0.2, 0) is 23.9 Å². The van der Waals surface area contributed by atoms with E-state index in [1.807, 2.05) is 59.7 Å². The Morgan fingerprint density at radius 2 is 1.62 bits per heavy atom. The van der Waals surface area contributed by atoms with Gasteiger partial charge in [0.2, 0.25) is 11.8 Å². The summed E-state index contributed by atoms with van der Waals surface area (Å²) in [6.45, 7) is 18.9. The van der Waals surface area contributed by atoms with Crippen LogP contribution in [0.3, 0.4) is 0 Å². The summed E-state index contributed by atoms with van der Waals surface area (Å²) in [7, 11) is 0. The number of aryl methyl sites for hydroxylation is 2. The summed E-state index contributed by atoms with van der Waals surface area (Å²) in [5.74, 6) is -1.40. The minimum atomic E-state index is -0.971. The summed E-state index contributed by atoms with van der Waals surface area (Å²) in [4.78, 5) is 54.2. The summed E-state index contributed by atoms with van der Waals surface area (Å²) >= 11 is 0. The predicted octanol–water partition coefficient (Wildman–Crippen LogP) is 4.98. The number of esters is 1. The van der Waals surface area contributed by atoms with Crippen LogP contribution >= 0.6 is 0 Å². The first-order valence-electron chi connectivity index (χ1n) is 14.0. The highest BCUT2D eigenvalue weighted by atomic mass is 16.6. The molecule has 0 bridgehead atoms. The molecule has 4 unspecified atom stereocenters. The van der Waals surface area contributed by atoms with Crippen LogP contribution in [0.2, 0.25) is 0 Å². The van der Waals surface area contributed by atoms with Gasteiger partial charge in [-0.2, -0.15) is 0 Å². The van der Waals surface area contributed by atoms with E-state index in [4.69, 9.17) is 9.47 Å². The Hall–Kier alpha value is -3.10. The lowest BCUT2D eigenvalue weighted by Crippen LogP contribution is -2.57. The van der Waals surface area contributed by atoms with Crippen LogP contribution in [0.25, 0.3) is 0 Å². The van der Waals surface area contributed by atoms with Gasteiger partial charge < -0.3 is 25.0 Å². The van der Waals surface area contributed by atoms with Crippen molar-refractivity contribution in [1.29, 1.82) is 0 Å². The van der Waals surface area contributed by atoms with Crippen LogP contribution < -0.4 is 10.6 Å². The molecule has 9 heteroatoms. The Morgan fingerprint density at radius 1 is 0.974 bits per heavy atom. The average Bonchev–Trinajstić information content (AvgIpc) is 2.85. The van der Waals surface area contributed by atoms with Crippen LogP contribution in [0.15, 0.2) is 18.2 Å². The predicted molar refractivity (Wildman–Crippen MR) is 152 cm³/mol. The smallest absolute Gasteiger partial charge is 0.408 e. The summed E-state index contributed by atoms with van der Waals surface area (Å²) in [5.41, 5.74) is 1.97. The highest BCUT2D eigenvalue weighted by molar-refractivity contribution is 5.92. The molecule has 1 rings (SSSR count). The van der Waals surface area contributed by atoms with Crippen molar-refractivity contribution in [1.82, 2.24) is 15.5 Å². The van der Waals surface area contributed by atoms with E-state index in [1.54, 1.807) is 32.6 Å². The van der Waals surface area contributed by atoms with Crippen molar-refractivity contribution < 1.29 is 28.7 Å². The second-order valence-corrected chi connectivity index (χ2v) is 11.1. The fourth-order valence-corrected chi connectivity index (χ4v) is 4.06. The molecule has 0 heterocycles. The zero-order valence-electron chi connectivity index (χ0n) is 25.5. The van der Waals surface area contributed by atoms with Gasteiger partial charge in [0.15, 0.2) is 0 Å². The summed E-state index contributed by atoms with van der Waals surface area (Å²) in [6.07, 6.45) is 0.544. The molecule has 0 spiro atoms. The minimum Gasteiger partial charge on any atom is -0.466 e. The number of alkyl carbamates (subject to hydrolysis) is 1. The highest BCUT2D eigenvalue weighted by Gasteiger charge is 2.40. The molecular weight excluding hydrogens is 498 g/mol. The molecule has 0 aliphatic carbocycles. The van der Waals surface area contributed by atoms with Gasteiger partial charge in [-0.05, 0) is 77.5 Å². The van der Waals surface area contributed by atoms with Gasteiger partial charge in [0.25, 0.3) is 0 Å². The Balaban J connectivity index is 3.53. The lowest BCUT2D eigenvalue weighted by molar-refractivity contribution is -0.146. The quantitative estimate of drug-likeness (QED) is 0.337. The van der Waals surface area contributed by atoms with Crippen molar-refractivity contribution in [3.8, 4) is 0 Å². The molecule has 0 aromatic heterocycles. The van der Waals surface area contributed by atoms with Crippen LogP contribution in [0.1, 0.15) is 97.4 Å². The molecular formula is C30H49N3O6. The average molecular weight is 548 g/mol. The molecule has 1 aromatic carbocycles. The molecule has 0 fully saturated rings. The van der Waals surface area contributed by atoms with E-state index in [2.05, 4.69) is 10.6 Å². The van der Waals surface area contributed by atoms with Crippen LogP contribution in [0.4, 0.5) is 4.79 Å². The van der Waals surface area contributed by atoms with Gasteiger partial charge in [-0.3, -0.25) is 14.4 Å². The number of nitrogens with zero attached hydrogens (tertiary/aromatic N) is 1. The maximum Gasteiger partial charge on any atom is 0.408 e. The molecule has 0 saturated carbocycles. The van der Waals surface area contributed by atoms with Gasteiger partial charge >= 0.3 is 12.1 Å². The molecule has 0 aliphatic heterocycles. The fraction of sp³-hybridized carbons (Fsp3) is 0.667. The van der Waals surface area contributed by atoms with E-state index in [0.717, 1.165) is 11.1 Å². The lowest BCUT2D eigenvalue weighted by atomic mass is 9.93. The number of carbonyl (C=O) groups is 4. The third-order valence-corrected chi connectivity index (χ3v) is 6.78. The van der Waals surface area contributed by atoms with Gasteiger partial charge in [0, 0.05) is 12.6 Å².